The first-order chi connectivity index (χ1) is 7.96. The fourth-order valence-electron chi connectivity index (χ4n) is 1.86. The molecule has 1 fully saturated rings. The third-order valence-corrected chi connectivity index (χ3v) is 5.54. The van der Waals surface area contributed by atoms with E-state index in [0.29, 0.717) is 17.9 Å². The molecule has 2 rings (SSSR count). The Bertz CT molecular complexity index is 504. The summed E-state index contributed by atoms with van der Waals surface area (Å²) >= 11 is 8.33. The molecule has 0 bridgehead atoms. The lowest BCUT2D eigenvalue weighted by atomic mass is 10.1. The Morgan fingerprint density at radius 2 is 1.94 bits per heavy atom. The van der Waals surface area contributed by atoms with Crippen molar-refractivity contribution in [2.45, 2.75) is 18.9 Å². The van der Waals surface area contributed by atoms with E-state index in [-0.39, 0.29) is 17.5 Å². The molecule has 0 aromatic heterocycles. The van der Waals surface area contributed by atoms with E-state index in [9.17, 15) is 8.42 Å². The van der Waals surface area contributed by atoms with Crippen LogP contribution in [0.4, 0.5) is 5.69 Å². The van der Waals surface area contributed by atoms with Gasteiger partial charge in [-0.3, -0.25) is 0 Å². The number of nitrogens with one attached hydrogen (secondary N) is 1. The zero-order valence-corrected chi connectivity index (χ0v) is 12.8. The van der Waals surface area contributed by atoms with Gasteiger partial charge in [-0.15, -0.1) is 0 Å². The number of halogens is 2. The van der Waals surface area contributed by atoms with Crippen LogP contribution in [-0.4, -0.2) is 26.0 Å². The molecule has 6 heteroatoms. The third-order valence-electron chi connectivity index (χ3n) is 2.85. The number of hydrogen-bond donors (Lipinski definition) is 1. The van der Waals surface area contributed by atoms with E-state index in [4.69, 9.17) is 11.6 Å². The highest BCUT2D eigenvalue weighted by Gasteiger charge is 2.23. The van der Waals surface area contributed by atoms with Crippen LogP contribution in [0.3, 0.4) is 0 Å². The summed E-state index contributed by atoms with van der Waals surface area (Å²) < 4.78 is 23.7. The molecule has 0 unspecified atom stereocenters. The van der Waals surface area contributed by atoms with Crippen molar-refractivity contribution in [2.75, 3.05) is 16.8 Å². The van der Waals surface area contributed by atoms with E-state index < -0.39 is 9.84 Å². The molecular formula is C11H13ClINO2S. The minimum absolute atomic E-state index is 0.205. The summed E-state index contributed by atoms with van der Waals surface area (Å²) in [6, 6.07) is 6.02. The van der Waals surface area contributed by atoms with Gasteiger partial charge in [0.1, 0.15) is 9.84 Å². The highest BCUT2D eigenvalue weighted by molar-refractivity contribution is 14.1. The predicted molar refractivity (Wildman–Crippen MR) is 79.5 cm³/mol. The van der Waals surface area contributed by atoms with Crippen molar-refractivity contribution in [3.05, 3.63) is 26.8 Å². The molecule has 0 aliphatic carbocycles. The van der Waals surface area contributed by atoms with Gasteiger partial charge in [0.25, 0.3) is 0 Å². The second kappa shape index (κ2) is 5.32. The van der Waals surface area contributed by atoms with Crippen LogP contribution in [-0.2, 0) is 9.84 Å². The Balaban J connectivity index is 2.02. The molecule has 1 aromatic rings. The molecule has 0 atom stereocenters. The van der Waals surface area contributed by atoms with E-state index in [1.54, 1.807) is 0 Å². The summed E-state index contributed by atoms with van der Waals surface area (Å²) in [5.74, 6) is 0.541. The van der Waals surface area contributed by atoms with Gasteiger partial charge < -0.3 is 5.32 Å². The molecule has 1 aliphatic heterocycles. The summed E-state index contributed by atoms with van der Waals surface area (Å²) in [4.78, 5) is 0. The zero-order chi connectivity index (χ0) is 12.5. The normalized spacial score (nSPS) is 20.1. The van der Waals surface area contributed by atoms with Crippen LogP contribution in [0, 0.1) is 3.57 Å². The lowest BCUT2D eigenvalue weighted by Gasteiger charge is -2.24. The zero-order valence-electron chi connectivity index (χ0n) is 9.12. The molecule has 1 saturated heterocycles. The number of hydrogen-bond acceptors (Lipinski definition) is 3. The lowest BCUT2D eigenvalue weighted by Crippen LogP contribution is -2.32. The second-order valence-electron chi connectivity index (χ2n) is 4.19. The van der Waals surface area contributed by atoms with E-state index >= 15 is 0 Å². The van der Waals surface area contributed by atoms with Crippen LogP contribution in [0.5, 0.6) is 0 Å². The number of rotatable bonds is 2. The fraction of sp³-hybridized carbons (Fsp3) is 0.455. The third kappa shape index (κ3) is 3.72. The van der Waals surface area contributed by atoms with Crippen molar-refractivity contribution >= 4 is 49.7 Å². The fourth-order valence-corrected chi connectivity index (χ4v) is 4.26. The van der Waals surface area contributed by atoms with Crippen molar-refractivity contribution in [2.24, 2.45) is 0 Å². The number of sulfone groups is 1. The van der Waals surface area contributed by atoms with Gasteiger partial charge >= 0.3 is 0 Å². The summed E-state index contributed by atoms with van der Waals surface area (Å²) in [5, 5.41) is 4.00. The maximum Gasteiger partial charge on any atom is 0.150 e. The quantitative estimate of drug-likeness (QED) is 0.796. The molecule has 1 aliphatic rings. The topological polar surface area (TPSA) is 46.2 Å². The largest absolute Gasteiger partial charge is 0.381 e. The van der Waals surface area contributed by atoms with Gasteiger partial charge in [-0.1, -0.05) is 11.6 Å². The van der Waals surface area contributed by atoms with E-state index in [0.717, 1.165) is 9.26 Å². The Morgan fingerprint density at radius 1 is 1.29 bits per heavy atom. The predicted octanol–water partition coefficient (Wildman–Crippen LogP) is 2.93. The molecule has 17 heavy (non-hydrogen) atoms. The van der Waals surface area contributed by atoms with Crippen molar-refractivity contribution in [1.29, 1.82) is 0 Å². The van der Waals surface area contributed by atoms with Crippen LogP contribution in [0.1, 0.15) is 12.8 Å². The van der Waals surface area contributed by atoms with Crippen molar-refractivity contribution in [3.63, 3.8) is 0 Å². The van der Waals surface area contributed by atoms with E-state index in [1.165, 1.54) is 0 Å². The molecule has 3 nitrogen and oxygen atoms in total. The van der Waals surface area contributed by atoms with Gasteiger partial charge in [0, 0.05) is 9.61 Å². The molecule has 1 N–H and O–H groups in total. The molecule has 1 aromatic carbocycles. The molecule has 1 heterocycles. The molecule has 0 spiro atoms. The van der Waals surface area contributed by atoms with Crippen molar-refractivity contribution in [1.82, 2.24) is 0 Å². The SMILES string of the molecule is O=S1(=O)CCC(Nc2ccc(I)cc2Cl)CC1. The first-order valence-electron chi connectivity index (χ1n) is 5.38. The molecule has 0 radical (unpaired) electrons. The summed E-state index contributed by atoms with van der Waals surface area (Å²) in [5.41, 5.74) is 0.886. The van der Waals surface area contributed by atoms with E-state index in [1.807, 2.05) is 18.2 Å². The average molecular weight is 386 g/mol. The number of anilines is 1. The summed E-state index contributed by atoms with van der Waals surface area (Å²) in [6.07, 6.45) is 1.31. The second-order valence-corrected chi connectivity index (χ2v) is 8.15. The Morgan fingerprint density at radius 3 is 2.53 bits per heavy atom. The lowest BCUT2D eigenvalue weighted by molar-refractivity contribution is 0.559. The van der Waals surface area contributed by atoms with Crippen LogP contribution in [0.15, 0.2) is 18.2 Å². The van der Waals surface area contributed by atoms with Gasteiger partial charge in [-0.25, -0.2) is 8.42 Å². The van der Waals surface area contributed by atoms with Crippen LogP contribution < -0.4 is 5.32 Å². The van der Waals surface area contributed by atoms with Gasteiger partial charge in [0.15, 0.2) is 0 Å². The highest BCUT2D eigenvalue weighted by atomic mass is 127. The summed E-state index contributed by atoms with van der Waals surface area (Å²) in [7, 11) is -2.80. The molecule has 0 saturated carbocycles. The summed E-state index contributed by atoms with van der Waals surface area (Å²) in [6.45, 7) is 0. The maximum absolute atomic E-state index is 11.3. The van der Waals surface area contributed by atoms with Gasteiger partial charge in [0.05, 0.1) is 22.2 Å². The molecule has 94 valence electrons. The van der Waals surface area contributed by atoms with Crippen molar-refractivity contribution in [3.8, 4) is 0 Å². The van der Waals surface area contributed by atoms with Crippen molar-refractivity contribution < 1.29 is 8.42 Å². The van der Waals surface area contributed by atoms with Crippen LogP contribution >= 0.6 is 34.2 Å². The highest BCUT2D eigenvalue weighted by Crippen LogP contribution is 2.26. The first kappa shape index (κ1) is 13.4. The Kier molecular flexibility index (Phi) is 4.20. The van der Waals surface area contributed by atoms with Gasteiger partial charge in [-0.05, 0) is 53.6 Å². The first-order valence-corrected chi connectivity index (χ1v) is 8.66. The monoisotopic (exact) mass is 385 g/mol. The minimum atomic E-state index is -2.80. The smallest absolute Gasteiger partial charge is 0.150 e. The van der Waals surface area contributed by atoms with E-state index in [2.05, 4.69) is 27.9 Å². The number of benzene rings is 1. The average Bonchev–Trinajstić information content (AvgIpc) is 2.25. The Hall–Kier alpha value is -0.0100. The van der Waals surface area contributed by atoms with Crippen LogP contribution in [0.2, 0.25) is 5.02 Å². The maximum atomic E-state index is 11.3. The van der Waals surface area contributed by atoms with Gasteiger partial charge in [-0.2, -0.15) is 0 Å². The minimum Gasteiger partial charge on any atom is -0.381 e. The standard InChI is InChI=1S/C11H13ClINO2S/c12-10-7-8(13)1-2-11(10)14-9-3-5-17(15,16)6-4-9/h1-2,7,9,14H,3-6H2. The van der Waals surface area contributed by atoms with Crippen LogP contribution in [0.25, 0.3) is 0 Å². The Labute approximate surface area is 120 Å². The molecule has 0 amide bonds. The molecular weight excluding hydrogens is 373 g/mol. The van der Waals surface area contributed by atoms with Gasteiger partial charge in [0.2, 0.25) is 0 Å².